The summed E-state index contributed by atoms with van der Waals surface area (Å²) < 4.78 is 6.10. The van der Waals surface area contributed by atoms with Crippen molar-refractivity contribution in [2.75, 3.05) is 6.54 Å². The molecule has 0 saturated carbocycles. The van der Waals surface area contributed by atoms with Gasteiger partial charge in [0.15, 0.2) is 0 Å². The second-order valence-electron chi connectivity index (χ2n) is 9.24. The SMILES string of the molecule is CCc1cccc2c(C(CC(=O)NCC(C)C)c3cccc(OCc4ccccc4)c3)c[nH]c12. The molecule has 3 aromatic carbocycles. The van der Waals surface area contributed by atoms with Crippen molar-refractivity contribution >= 4 is 16.8 Å². The summed E-state index contributed by atoms with van der Waals surface area (Å²) in [6.45, 7) is 7.57. The Bertz CT molecular complexity index is 1230. The van der Waals surface area contributed by atoms with Crippen molar-refractivity contribution in [1.29, 1.82) is 0 Å². The Morgan fingerprint density at radius 2 is 1.79 bits per heavy atom. The van der Waals surface area contributed by atoms with Gasteiger partial charge < -0.3 is 15.0 Å². The maximum absolute atomic E-state index is 12.9. The van der Waals surface area contributed by atoms with Gasteiger partial charge in [0.1, 0.15) is 12.4 Å². The lowest BCUT2D eigenvalue weighted by Crippen LogP contribution is -2.28. The largest absolute Gasteiger partial charge is 0.489 e. The number of hydrogen-bond acceptors (Lipinski definition) is 2. The number of carbonyl (C=O) groups is 1. The van der Waals surface area contributed by atoms with Gasteiger partial charge in [0.25, 0.3) is 0 Å². The second kappa shape index (κ2) is 11.1. The second-order valence-corrected chi connectivity index (χ2v) is 9.24. The molecule has 0 aliphatic rings. The standard InChI is InChI=1S/C30H34N2O2/c1-4-23-12-9-15-26-28(19-32-30(23)26)27(17-29(33)31-18-21(2)3)24-13-8-14-25(16-24)34-20-22-10-6-5-7-11-22/h5-16,19,21,27,32H,4,17-18,20H2,1-3H3,(H,31,33). The van der Waals surface area contributed by atoms with Gasteiger partial charge >= 0.3 is 0 Å². The fourth-order valence-electron chi connectivity index (χ4n) is 4.37. The molecular formula is C30H34N2O2. The van der Waals surface area contributed by atoms with E-state index in [0.717, 1.165) is 34.4 Å². The number of fused-ring (bicyclic) bond motifs is 1. The zero-order chi connectivity index (χ0) is 23.9. The molecule has 0 spiro atoms. The van der Waals surface area contributed by atoms with E-state index in [0.29, 0.717) is 25.5 Å². The molecule has 2 N–H and O–H groups in total. The van der Waals surface area contributed by atoms with E-state index in [2.05, 4.69) is 79.7 Å². The van der Waals surface area contributed by atoms with Gasteiger partial charge in [-0.25, -0.2) is 0 Å². The van der Waals surface area contributed by atoms with Crippen LogP contribution in [-0.2, 0) is 17.8 Å². The molecule has 0 aliphatic heterocycles. The number of hydrogen-bond donors (Lipinski definition) is 2. The molecule has 4 nitrogen and oxygen atoms in total. The molecule has 1 aromatic heterocycles. The highest BCUT2D eigenvalue weighted by Crippen LogP contribution is 2.36. The van der Waals surface area contributed by atoms with Crippen molar-refractivity contribution in [2.24, 2.45) is 5.92 Å². The summed E-state index contributed by atoms with van der Waals surface area (Å²) in [5.74, 6) is 1.21. The fraction of sp³-hybridized carbons (Fsp3) is 0.300. The van der Waals surface area contributed by atoms with E-state index in [9.17, 15) is 4.79 Å². The quantitative estimate of drug-likeness (QED) is 0.283. The summed E-state index contributed by atoms with van der Waals surface area (Å²) >= 11 is 0. The molecule has 4 aromatic rings. The molecule has 4 rings (SSSR count). The summed E-state index contributed by atoms with van der Waals surface area (Å²) in [7, 11) is 0. The Balaban J connectivity index is 1.65. The Morgan fingerprint density at radius 3 is 2.56 bits per heavy atom. The van der Waals surface area contributed by atoms with Crippen LogP contribution in [-0.4, -0.2) is 17.4 Å². The van der Waals surface area contributed by atoms with Gasteiger partial charge in [-0.3, -0.25) is 4.79 Å². The van der Waals surface area contributed by atoms with Gasteiger partial charge in [0.2, 0.25) is 5.91 Å². The van der Waals surface area contributed by atoms with Crippen LogP contribution in [0.3, 0.4) is 0 Å². The molecule has 1 atom stereocenters. The number of H-pyrrole nitrogens is 1. The molecule has 176 valence electrons. The fourth-order valence-corrected chi connectivity index (χ4v) is 4.37. The van der Waals surface area contributed by atoms with Crippen molar-refractivity contribution < 1.29 is 9.53 Å². The number of carbonyl (C=O) groups excluding carboxylic acids is 1. The lowest BCUT2D eigenvalue weighted by atomic mass is 9.87. The summed E-state index contributed by atoms with van der Waals surface area (Å²) in [5, 5.41) is 4.27. The molecule has 0 saturated heterocycles. The maximum Gasteiger partial charge on any atom is 0.220 e. The Hall–Kier alpha value is -3.53. The molecule has 0 radical (unpaired) electrons. The highest BCUT2D eigenvalue weighted by molar-refractivity contribution is 5.88. The number of rotatable bonds is 10. The minimum Gasteiger partial charge on any atom is -0.489 e. The Morgan fingerprint density at radius 1 is 1.00 bits per heavy atom. The Kier molecular flexibility index (Phi) is 7.69. The van der Waals surface area contributed by atoms with Crippen LogP contribution in [0.4, 0.5) is 0 Å². The molecule has 1 unspecified atom stereocenters. The summed E-state index contributed by atoms with van der Waals surface area (Å²) in [6, 6.07) is 24.7. The smallest absolute Gasteiger partial charge is 0.220 e. The zero-order valence-corrected chi connectivity index (χ0v) is 20.3. The third-order valence-corrected chi connectivity index (χ3v) is 6.20. The van der Waals surface area contributed by atoms with E-state index in [4.69, 9.17) is 4.74 Å². The van der Waals surface area contributed by atoms with Crippen LogP contribution in [0.15, 0.2) is 79.0 Å². The van der Waals surface area contributed by atoms with E-state index in [1.165, 1.54) is 10.9 Å². The van der Waals surface area contributed by atoms with Gasteiger partial charge in [-0.15, -0.1) is 0 Å². The highest BCUT2D eigenvalue weighted by Gasteiger charge is 2.22. The zero-order valence-electron chi connectivity index (χ0n) is 20.3. The first-order valence-electron chi connectivity index (χ1n) is 12.2. The first kappa shape index (κ1) is 23.6. The number of ether oxygens (including phenoxy) is 1. The van der Waals surface area contributed by atoms with Crippen LogP contribution in [0.1, 0.15) is 55.4 Å². The van der Waals surface area contributed by atoms with E-state index in [-0.39, 0.29) is 11.8 Å². The summed E-state index contributed by atoms with van der Waals surface area (Å²) in [4.78, 5) is 16.4. The van der Waals surface area contributed by atoms with Crippen molar-refractivity contribution in [3.8, 4) is 5.75 Å². The van der Waals surface area contributed by atoms with Crippen molar-refractivity contribution in [2.45, 2.75) is 46.1 Å². The van der Waals surface area contributed by atoms with Crippen LogP contribution in [0.5, 0.6) is 5.75 Å². The number of aryl methyl sites for hydroxylation is 1. The molecule has 1 amide bonds. The van der Waals surface area contributed by atoms with E-state index >= 15 is 0 Å². The number of aromatic amines is 1. The molecule has 4 heteroatoms. The van der Waals surface area contributed by atoms with Gasteiger partial charge in [0.05, 0.1) is 0 Å². The highest BCUT2D eigenvalue weighted by atomic mass is 16.5. The van der Waals surface area contributed by atoms with E-state index < -0.39 is 0 Å². The van der Waals surface area contributed by atoms with Crippen LogP contribution in [0.25, 0.3) is 10.9 Å². The van der Waals surface area contributed by atoms with E-state index in [1.54, 1.807) is 0 Å². The van der Waals surface area contributed by atoms with Crippen molar-refractivity contribution in [3.63, 3.8) is 0 Å². The van der Waals surface area contributed by atoms with Crippen LogP contribution in [0, 0.1) is 5.92 Å². The molecule has 0 fully saturated rings. The minimum absolute atomic E-state index is 0.0651. The van der Waals surface area contributed by atoms with Gasteiger partial charge in [0, 0.05) is 36.0 Å². The molecule has 0 bridgehead atoms. The third kappa shape index (κ3) is 5.69. The number of para-hydroxylation sites is 1. The number of benzene rings is 3. The van der Waals surface area contributed by atoms with Crippen LogP contribution < -0.4 is 10.1 Å². The third-order valence-electron chi connectivity index (χ3n) is 6.20. The molecule has 34 heavy (non-hydrogen) atoms. The van der Waals surface area contributed by atoms with Crippen LogP contribution >= 0.6 is 0 Å². The minimum atomic E-state index is -0.0757. The van der Waals surface area contributed by atoms with E-state index in [1.807, 2.05) is 30.3 Å². The number of aromatic nitrogens is 1. The van der Waals surface area contributed by atoms with Gasteiger partial charge in [-0.05, 0) is 46.7 Å². The molecule has 0 aliphatic carbocycles. The van der Waals surface area contributed by atoms with Crippen molar-refractivity contribution in [3.05, 3.63) is 101 Å². The van der Waals surface area contributed by atoms with Gasteiger partial charge in [-0.2, -0.15) is 0 Å². The average molecular weight is 455 g/mol. The monoisotopic (exact) mass is 454 g/mol. The predicted molar refractivity (Wildman–Crippen MR) is 139 cm³/mol. The number of amides is 1. The first-order chi connectivity index (χ1) is 16.5. The lowest BCUT2D eigenvalue weighted by molar-refractivity contribution is -0.121. The summed E-state index contributed by atoms with van der Waals surface area (Å²) in [6.07, 6.45) is 3.42. The lowest BCUT2D eigenvalue weighted by Gasteiger charge is -2.19. The van der Waals surface area contributed by atoms with Crippen molar-refractivity contribution in [1.82, 2.24) is 10.3 Å². The molecular weight excluding hydrogens is 420 g/mol. The maximum atomic E-state index is 12.9. The average Bonchev–Trinajstić information content (AvgIpc) is 3.29. The first-order valence-corrected chi connectivity index (χ1v) is 12.2. The summed E-state index contributed by atoms with van der Waals surface area (Å²) in [5.41, 5.74) is 5.79. The predicted octanol–water partition coefficient (Wildman–Crippen LogP) is 6.60. The van der Waals surface area contributed by atoms with Crippen LogP contribution in [0.2, 0.25) is 0 Å². The normalized spacial score (nSPS) is 12.1. The van der Waals surface area contributed by atoms with Gasteiger partial charge in [-0.1, -0.05) is 81.4 Å². The molecule has 1 heterocycles. The Labute approximate surface area is 202 Å². The topological polar surface area (TPSA) is 54.1 Å². The number of nitrogens with one attached hydrogen (secondary N) is 2.